The number of hydrogen-bond donors (Lipinski definition) is 2. The molecular weight excluding hydrogens is 280 g/mol. The van der Waals surface area contributed by atoms with Crippen molar-refractivity contribution in [3.63, 3.8) is 0 Å². The number of thiophene rings is 1. The smallest absolute Gasteiger partial charge is 0.0799 e. The maximum atomic E-state index is 4.17. The standard InChI is InChI=1S/C16H18N4S/c1-20(2)14-6-3-5-13(9-14)17-10-12-11-18-19-16(12)15-7-4-8-21-15/h3-9,11,17H,10H2,1-2H3,(H,18,19). The Morgan fingerprint density at radius 3 is 2.90 bits per heavy atom. The van der Waals surface area contributed by atoms with Crippen LogP contribution < -0.4 is 10.2 Å². The average Bonchev–Trinajstić information content (AvgIpc) is 3.16. The molecule has 108 valence electrons. The van der Waals surface area contributed by atoms with Crippen molar-refractivity contribution in [1.82, 2.24) is 10.2 Å². The molecule has 0 saturated heterocycles. The van der Waals surface area contributed by atoms with E-state index >= 15 is 0 Å². The minimum atomic E-state index is 0.751. The van der Waals surface area contributed by atoms with Crippen molar-refractivity contribution < 1.29 is 0 Å². The number of benzene rings is 1. The van der Waals surface area contributed by atoms with E-state index in [9.17, 15) is 0 Å². The molecule has 5 heteroatoms. The largest absolute Gasteiger partial charge is 0.381 e. The van der Waals surface area contributed by atoms with Gasteiger partial charge in [0, 0.05) is 37.6 Å². The molecule has 0 bridgehead atoms. The molecule has 0 aliphatic rings. The number of rotatable bonds is 5. The summed E-state index contributed by atoms with van der Waals surface area (Å²) in [5.41, 5.74) is 4.57. The van der Waals surface area contributed by atoms with Crippen LogP contribution in [0.25, 0.3) is 10.6 Å². The summed E-state index contributed by atoms with van der Waals surface area (Å²) in [6.07, 6.45) is 1.89. The minimum Gasteiger partial charge on any atom is -0.381 e. The lowest BCUT2D eigenvalue weighted by atomic mass is 10.2. The van der Waals surface area contributed by atoms with Crippen molar-refractivity contribution in [3.8, 4) is 10.6 Å². The molecule has 1 aromatic carbocycles. The predicted molar refractivity (Wildman–Crippen MR) is 90.0 cm³/mol. The summed E-state index contributed by atoms with van der Waals surface area (Å²) in [6.45, 7) is 0.751. The van der Waals surface area contributed by atoms with Crippen molar-refractivity contribution in [1.29, 1.82) is 0 Å². The summed E-state index contributed by atoms with van der Waals surface area (Å²) in [5, 5.41) is 12.8. The van der Waals surface area contributed by atoms with Crippen molar-refractivity contribution in [3.05, 3.63) is 53.5 Å². The maximum Gasteiger partial charge on any atom is 0.0799 e. The number of aromatic nitrogens is 2. The molecule has 2 heterocycles. The Morgan fingerprint density at radius 2 is 2.14 bits per heavy atom. The highest BCUT2D eigenvalue weighted by atomic mass is 32.1. The SMILES string of the molecule is CN(C)c1cccc(NCc2cn[nH]c2-c2cccs2)c1. The van der Waals surface area contributed by atoms with Crippen LogP contribution in [0.15, 0.2) is 48.0 Å². The molecule has 3 aromatic rings. The van der Waals surface area contributed by atoms with E-state index in [1.807, 2.05) is 20.3 Å². The monoisotopic (exact) mass is 298 g/mol. The Kier molecular flexibility index (Phi) is 3.92. The van der Waals surface area contributed by atoms with Crippen LogP contribution in [0, 0.1) is 0 Å². The second kappa shape index (κ2) is 6.01. The minimum absolute atomic E-state index is 0.751. The fraction of sp³-hybridized carbons (Fsp3) is 0.188. The van der Waals surface area contributed by atoms with E-state index in [2.05, 4.69) is 62.2 Å². The number of hydrogen-bond acceptors (Lipinski definition) is 4. The van der Waals surface area contributed by atoms with E-state index in [0.29, 0.717) is 0 Å². The first-order valence-electron chi connectivity index (χ1n) is 6.81. The summed E-state index contributed by atoms with van der Waals surface area (Å²) in [7, 11) is 4.09. The fourth-order valence-electron chi connectivity index (χ4n) is 2.17. The van der Waals surface area contributed by atoms with Crippen LogP contribution >= 0.6 is 11.3 Å². The molecule has 0 aliphatic heterocycles. The Bertz CT molecular complexity index is 701. The zero-order valence-corrected chi connectivity index (χ0v) is 12.9. The molecule has 0 amide bonds. The van der Waals surface area contributed by atoms with Crippen molar-refractivity contribution in [2.75, 3.05) is 24.3 Å². The van der Waals surface area contributed by atoms with E-state index < -0.39 is 0 Å². The lowest BCUT2D eigenvalue weighted by Gasteiger charge is -2.14. The molecule has 4 nitrogen and oxygen atoms in total. The zero-order valence-electron chi connectivity index (χ0n) is 12.1. The normalized spacial score (nSPS) is 10.6. The van der Waals surface area contributed by atoms with Crippen molar-refractivity contribution in [2.45, 2.75) is 6.54 Å². The van der Waals surface area contributed by atoms with Gasteiger partial charge in [-0.1, -0.05) is 12.1 Å². The van der Waals surface area contributed by atoms with Crippen LogP contribution in [0.4, 0.5) is 11.4 Å². The average molecular weight is 298 g/mol. The second-order valence-corrected chi connectivity index (χ2v) is 5.99. The highest BCUT2D eigenvalue weighted by Gasteiger charge is 2.08. The van der Waals surface area contributed by atoms with Gasteiger partial charge in [0.05, 0.1) is 16.8 Å². The predicted octanol–water partition coefficient (Wildman–Crippen LogP) is 3.82. The highest BCUT2D eigenvalue weighted by Crippen LogP contribution is 2.26. The summed E-state index contributed by atoms with van der Waals surface area (Å²) in [4.78, 5) is 3.31. The van der Waals surface area contributed by atoms with Gasteiger partial charge in [-0.3, -0.25) is 5.10 Å². The first-order valence-corrected chi connectivity index (χ1v) is 7.69. The van der Waals surface area contributed by atoms with Gasteiger partial charge in [-0.25, -0.2) is 0 Å². The summed E-state index contributed by atoms with van der Waals surface area (Å²) >= 11 is 1.72. The van der Waals surface area contributed by atoms with Gasteiger partial charge < -0.3 is 10.2 Å². The molecule has 0 fully saturated rings. The quantitative estimate of drug-likeness (QED) is 0.752. The Labute approximate surface area is 128 Å². The number of aromatic amines is 1. The third-order valence-corrected chi connectivity index (χ3v) is 4.22. The van der Waals surface area contributed by atoms with Gasteiger partial charge in [-0.2, -0.15) is 5.10 Å². The molecule has 0 atom stereocenters. The molecule has 0 saturated carbocycles. The first kappa shape index (κ1) is 13.7. The summed E-state index contributed by atoms with van der Waals surface area (Å²) in [6, 6.07) is 12.5. The molecule has 21 heavy (non-hydrogen) atoms. The topological polar surface area (TPSA) is 44.0 Å². The van der Waals surface area contributed by atoms with Gasteiger partial charge in [0.2, 0.25) is 0 Å². The van der Waals surface area contributed by atoms with Crippen LogP contribution in [0.3, 0.4) is 0 Å². The third kappa shape index (κ3) is 3.08. The van der Waals surface area contributed by atoms with Crippen LogP contribution in [0.5, 0.6) is 0 Å². The van der Waals surface area contributed by atoms with E-state index in [0.717, 1.165) is 17.9 Å². The van der Waals surface area contributed by atoms with Gasteiger partial charge in [0.1, 0.15) is 0 Å². The molecular formula is C16H18N4S. The molecule has 3 rings (SSSR count). The summed E-state index contributed by atoms with van der Waals surface area (Å²) in [5.74, 6) is 0. The molecule has 2 N–H and O–H groups in total. The van der Waals surface area contributed by atoms with Crippen LogP contribution in [-0.4, -0.2) is 24.3 Å². The van der Waals surface area contributed by atoms with Crippen LogP contribution in [0.1, 0.15) is 5.56 Å². The summed E-state index contributed by atoms with van der Waals surface area (Å²) < 4.78 is 0. The van der Waals surface area contributed by atoms with Crippen LogP contribution in [-0.2, 0) is 6.54 Å². The maximum absolute atomic E-state index is 4.17. The number of nitrogens with zero attached hydrogens (tertiary/aromatic N) is 2. The lowest BCUT2D eigenvalue weighted by Crippen LogP contribution is -2.09. The number of anilines is 2. The van der Waals surface area contributed by atoms with Crippen molar-refractivity contribution >= 4 is 22.7 Å². The molecule has 2 aromatic heterocycles. The van der Waals surface area contributed by atoms with Gasteiger partial charge >= 0.3 is 0 Å². The first-order chi connectivity index (χ1) is 10.2. The van der Waals surface area contributed by atoms with Crippen LogP contribution in [0.2, 0.25) is 0 Å². The molecule has 0 spiro atoms. The van der Waals surface area contributed by atoms with E-state index in [-0.39, 0.29) is 0 Å². The number of H-pyrrole nitrogens is 1. The lowest BCUT2D eigenvalue weighted by molar-refractivity contribution is 1.10. The van der Waals surface area contributed by atoms with Crippen molar-refractivity contribution in [2.24, 2.45) is 0 Å². The van der Waals surface area contributed by atoms with Gasteiger partial charge in [0.25, 0.3) is 0 Å². The molecule has 0 aliphatic carbocycles. The Balaban J connectivity index is 1.74. The zero-order chi connectivity index (χ0) is 14.7. The fourth-order valence-corrected chi connectivity index (χ4v) is 2.93. The van der Waals surface area contributed by atoms with Gasteiger partial charge in [-0.15, -0.1) is 11.3 Å². The third-order valence-electron chi connectivity index (χ3n) is 3.33. The molecule has 0 unspecified atom stereocenters. The Morgan fingerprint density at radius 1 is 1.24 bits per heavy atom. The Hall–Kier alpha value is -2.27. The van der Waals surface area contributed by atoms with E-state index in [1.54, 1.807) is 11.3 Å². The van der Waals surface area contributed by atoms with Gasteiger partial charge in [0.15, 0.2) is 0 Å². The molecule has 0 radical (unpaired) electrons. The number of nitrogens with one attached hydrogen (secondary N) is 2. The van der Waals surface area contributed by atoms with Gasteiger partial charge in [-0.05, 0) is 29.6 Å². The van der Waals surface area contributed by atoms with E-state index in [1.165, 1.54) is 16.1 Å². The van der Waals surface area contributed by atoms with E-state index in [4.69, 9.17) is 0 Å². The highest BCUT2D eigenvalue weighted by molar-refractivity contribution is 7.13. The second-order valence-electron chi connectivity index (χ2n) is 5.05.